The minimum absolute atomic E-state index is 0.646. The summed E-state index contributed by atoms with van der Waals surface area (Å²) < 4.78 is 12.6. The van der Waals surface area contributed by atoms with E-state index in [0.717, 1.165) is 26.3 Å². The lowest BCUT2D eigenvalue weighted by atomic mass is 9.96. The number of rotatable bonds is 27. The van der Waals surface area contributed by atoms with Gasteiger partial charge in [-0.15, -0.1) is 0 Å². The Kier molecular flexibility index (Phi) is 21.4. The van der Waals surface area contributed by atoms with E-state index in [9.17, 15) is 0 Å². The molecule has 42 heavy (non-hydrogen) atoms. The SMILES string of the molecule is CCCCCCN(CCCC)CCOCc1ccccc1-c1ccccc1COCCN(CCCC)CCCCCC. The van der Waals surface area contributed by atoms with Crippen LogP contribution in [0.1, 0.15) is 116 Å². The van der Waals surface area contributed by atoms with Gasteiger partial charge < -0.3 is 19.3 Å². The summed E-state index contributed by atoms with van der Waals surface area (Å²) in [6.45, 7) is 18.8. The van der Waals surface area contributed by atoms with Crippen molar-refractivity contribution in [2.24, 2.45) is 0 Å². The number of hydrogen-bond acceptors (Lipinski definition) is 4. The molecule has 4 heteroatoms. The van der Waals surface area contributed by atoms with Crippen molar-refractivity contribution in [3.8, 4) is 11.1 Å². The number of benzene rings is 2. The van der Waals surface area contributed by atoms with E-state index in [-0.39, 0.29) is 0 Å². The predicted octanol–water partition coefficient (Wildman–Crippen LogP) is 9.75. The van der Waals surface area contributed by atoms with Crippen molar-refractivity contribution < 1.29 is 9.47 Å². The quantitative estimate of drug-likeness (QED) is 0.0982. The van der Waals surface area contributed by atoms with E-state index in [1.165, 1.54) is 125 Å². The first-order valence-electron chi connectivity index (χ1n) is 17.5. The van der Waals surface area contributed by atoms with E-state index >= 15 is 0 Å². The zero-order valence-corrected chi connectivity index (χ0v) is 27.9. The molecule has 2 aromatic carbocycles. The Labute approximate surface area is 260 Å². The van der Waals surface area contributed by atoms with Crippen LogP contribution in [0.5, 0.6) is 0 Å². The highest BCUT2D eigenvalue weighted by Gasteiger charge is 2.11. The molecule has 0 atom stereocenters. The van der Waals surface area contributed by atoms with Gasteiger partial charge in [-0.3, -0.25) is 0 Å². The van der Waals surface area contributed by atoms with Crippen LogP contribution in [0.25, 0.3) is 11.1 Å². The topological polar surface area (TPSA) is 24.9 Å². The molecule has 0 N–H and O–H groups in total. The maximum atomic E-state index is 6.29. The van der Waals surface area contributed by atoms with Crippen molar-refractivity contribution in [1.82, 2.24) is 9.80 Å². The van der Waals surface area contributed by atoms with Crippen LogP contribution in [-0.4, -0.2) is 62.3 Å². The average molecular weight is 581 g/mol. The molecule has 0 spiro atoms. The van der Waals surface area contributed by atoms with Crippen LogP contribution in [0, 0.1) is 0 Å². The van der Waals surface area contributed by atoms with Crippen LogP contribution in [-0.2, 0) is 22.7 Å². The molecule has 0 radical (unpaired) electrons. The molecule has 0 aromatic heterocycles. The molecule has 0 saturated carbocycles. The largest absolute Gasteiger partial charge is 0.375 e. The van der Waals surface area contributed by atoms with Crippen LogP contribution in [0.3, 0.4) is 0 Å². The summed E-state index contributed by atoms with van der Waals surface area (Å²) in [5.74, 6) is 0. The minimum atomic E-state index is 0.646. The fraction of sp³-hybridized carbons (Fsp3) is 0.684. The van der Waals surface area contributed by atoms with Gasteiger partial charge in [-0.2, -0.15) is 0 Å². The Hall–Kier alpha value is -1.72. The van der Waals surface area contributed by atoms with Gasteiger partial charge in [-0.1, -0.05) is 128 Å². The molecule has 0 fully saturated rings. The third-order valence-electron chi connectivity index (χ3n) is 8.26. The van der Waals surface area contributed by atoms with Crippen molar-refractivity contribution in [2.45, 2.75) is 118 Å². The second kappa shape index (κ2) is 24.7. The molecule has 0 amide bonds. The standard InChI is InChI=1S/C38H64N2O2/c1-5-9-13-19-27-39(25-11-7-3)29-31-41-33-35-21-15-17-23-37(35)38-24-18-16-22-36(38)34-42-32-30-40(26-12-8-4)28-20-14-10-6-2/h15-18,21-24H,5-14,19-20,25-34H2,1-4H3. The van der Waals surface area contributed by atoms with Crippen molar-refractivity contribution >= 4 is 0 Å². The molecule has 2 aromatic rings. The Morgan fingerprint density at radius 1 is 0.429 bits per heavy atom. The van der Waals surface area contributed by atoms with Crippen molar-refractivity contribution in [1.29, 1.82) is 0 Å². The first kappa shape index (κ1) is 36.5. The summed E-state index contributed by atoms with van der Waals surface area (Å²) in [6, 6.07) is 17.5. The summed E-state index contributed by atoms with van der Waals surface area (Å²) in [5, 5.41) is 0. The summed E-state index contributed by atoms with van der Waals surface area (Å²) in [7, 11) is 0. The second-order valence-corrected chi connectivity index (χ2v) is 11.9. The lowest BCUT2D eigenvalue weighted by Crippen LogP contribution is -2.30. The molecule has 0 unspecified atom stereocenters. The van der Waals surface area contributed by atoms with Gasteiger partial charge in [0.05, 0.1) is 26.4 Å². The van der Waals surface area contributed by atoms with Gasteiger partial charge in [0.15, 0.2) is 0 Å². The maximum absolute atomic E-state index is 6.29. The molecule has 2 rings (SSSR count). The zero-order chi connectivity index (χ0) is 30.1. The highest BCUT2D eigenvalue weighted by molar-refractivity contribution is 5.70. The van der Waals surface area contributed by atoms with E-state index in [1.807, 2.05) is 0 Å². The van der Waals surface area contributed by atoms with Crippen LogP contribution in [0.15, 0.2) is 48.5 Å². The fourth-order valence-electron chi connectivity index (χ4n) is 5.53. The van der Waals surface area contributed by atoms with Crippen molar-refractivity contribution in [3.05, 3.63) is 59.7 Å². The monoisotopic (exact) mass is 580 g/mol. The number of ether oxygens (including phenoxy) is 2. The van der Waals surface area contributed by atoms with Gasteiger partial charge in [0, 0.05) is 13.1 Å². The molecule has 0 saturated heterocycles. The molecular weight excluding hydrogens is 516 g/mol. The van der Waals surface area contributed by atoms with Crippen molar-refractivity contribution in [2.75, 3.05) is 52.5 Å². The van der Waals surface area contributed by atoms with Gasteiger partial charge >= 0.3 is 0 Å². The van der Waals surface area contributed by atoms with Crippen LogP contribution in [0.2, 0.25) is 0 Å². The van der Waals surface area contributed by atoms with E-state index in [1.54, 1.807) is 0 Å². The third-order valence-corrected chi connectivity index (χ3v) is 8.26. The highest BCUT2D eigenvalue weighted by Crippen LogP contribution is 2.28. The first-order valence-corrected chi connectivity index (χ1v) is 17.5. The summed E-state index contributed by atoms with van der Waals surface area (Å²) in [4.78, 5) is 5.21. The van der Waals surface area contributed by atoms with Gasteiger partial charge in [0.2, 0.25) is 0 Å². The lowest BCUT2D eigenvalue weighted by molar-refractivity contribution is 0.0908. The van der Waals surface area contributed by atoms with Gasteiger partial charge in [-0.05, 0) is 74.1 Å². The zero-order valence-electron chi connectivity index (χ0n) is 27.9. The Morgan fingerprint density at radius 2 is 0.810 bits per heavy atom. The molecule has 0 bridgehead atoms. The maximum Gasteiger partial charge on any atom is 0.0723 e. The van der Waals surface area contributed by atoms with Crippen LogP contribution < -0.4 is 0 Å². The minimum Gasteiger partial charge on any atom is -0.375 e. The molecular formula is C38H64N2O2. The summed E-state index contributed by atoms with van der Waals surface area (Å²) >= 11 is 0. The third kappa shape index (κ3) is 15.7. The van der Waals surface area contributed by atoms with Crippen LogP contribution >= 0.6 is 0 Å². The Morgan fingerprint density at radius 3 is 1.21 bits per heavy atom. The van der Waals surface area contributed by atoms with Crippen LogP contribution in [0.4, 0.5) is 0 Å². The molecule has 238 valence electrons. The number of hydrogen-bond donors (Lipinski definition) is 0. The summed E-state index contributed by atoms with van der Waals surface area (Å²) in [5.41, 5.74) is 5.04. The van der Waals surface area contributed by atoms with E-state index < -0.39 is 0 Å². The van der Waals surface area contributed by atoms with E-state index in [2.05, 4.69) is 86.0 Å². The van der Waals surface area contributed by atoms with Gasteiger partial charge in [0.25, 0.3) is 0 Å². The van der Waals surface area contributed by atoms with Gasteiger partial charge in [-0.25, -0.2) is 0 Å². The molecule has 0 heterocycles. The Bertz CT molecular complexity index is 829. The lowest BCUT2D eigenvalue weighted by Gasteiger charge is -2.22. The average Bonchev–Trinajstić information content (AvgIpc) is 3.02. The highest BCUT2D eigenvalue weighted by atomic mass is 16.5. The van der Waals surface area contributed by atoms with Gasteiger partial charge in [0.1, 0.15) is 0 Å². The molecule has 4 nitrogen and oxygen atoms in total. The Balaban J connectivity index is 1.90. The molecule has 0 aliphatic heterocycles. The van der Waals surface area contributed by atoms with Crippen molar-refractivity contribution in [3.63, 3.8) is 0 Å². The summed E-state index contributed by atoms with van der Waals surface area (Å²) in [6.07, 6.45) is 15.6. The second-order valence-electron chi connectivity index (χ2n) is 11.9. The molecule has 0 aliphatic rings. The molecule has 0 aliphatic carbocycles. The smallest absolute Gasteiger partial charge is 0.0723 e. The van der Waals surface area contributed by atoms with E-state index in [4.69, 9.17) is 9.47 Å². The fourth-order valence-corrected chi connectivity index (χ4v) is 5.53. The number of unbranched alkanes of at least 4 members (excludes halogenated alkanes) is 8. The predicted molar refractivity (Wildman–Crippen MR) is 182 cm³/mol. The van der Waals surface area contributed by atoms with E-state index in [0.29, 0.717) is 13.2 Å². The first-order chi connectivity index (χ1) is 20.7. The normalized spacial score (nSPS) is 11.7. The number of nitrogens with zero attached hydrogens (tertiary/aromatic N) is 2.